The normalized spacial score (nSPS) is 10.7. The summed E-state index contributed by atoms with van der Waals surface area (Å²) in [7, 11) is 0. The van der Waals surface area contributed by atoms with Crippen LogP contribution in [0.15, 0.2) is 60.7 Å². The van der Waals surface area contributed by atoms with Gasteiger partial charge in [-0.25, -0.2) is 9.78 Å². The van der Waals surface area contributed by atoms with Crippen LogP contribution in [0.4, 0.5) is 0 Å². The molecule has 0 radical (unpaired) electrons. The van der Waals surface area contributed by atoms with E-state index in [-0.39, 0.29) is 5.56 Å². The Balaban J connectivity index is 2.00. The minimum atomic E-state index is -0.969. The Morgan fingerprint density at radius 3 is 2.00 bits per heavy atom. The molecule has 0 saturated heterocycles. The number of hydrogen-bond acceptors (Lipinski definition) is 2. The van der Waals surface area contributed by atoms with E-state index in [4.69, 9.17) is 11.6 Å². The van der Waals surface area contributed by atoms with Crippen molar-refractivity contribution in [1.29, 1.82) is 0 Å². The van der Waals surface area contributed by atoms with Gasteiger partial charge in [0.1, 0.15) is 0 Å². The molecule has 0 saturated carbocycles. The summed E-state index contributed by atoms with van der Waals surface area (Å²) < 4.78 is 0. The van der Waals surface area contributed by atoms with Crippen molar-refractivity contribution in [1.82, 2.24) is 4.98 Å². The van der Waals surface area contributed by atoms with Gasteiger partial charge in [-0.3, -0.25) is 0 Å². The molecule has 3 rings (SSSR count). The minimum Gasteiger partial charge on any atom is -0.478 e. The van der Waals surface area contributed by atoms with Gasteiger partial charge < -0.3 is 5.11 Å². The van der Waals surface area contributed by atoms with Gasteiger partial charge in [-0.05, 0) is 42.7 Å². The van der Waals surface area contributed by atoms with Crippen LogP contribution in [0.2, 0.25) is 5.02 Å². The van der Waals surface area contributed by atoms with Gasteiger partial charge in [-0.1, -0.05) is 61.3 Å². The fraction of sp³-hybridized carbons (Fsp3) is 0.182. The average Bonchev–Trinajstić information content (AvgIpc) is 2.67. The van der Waals surface area contributed by atoms with Crippen molar-refractivity contribution in [3.8, 4) is 22.5 Å². The number of carboxylic acid groups (broad SMARTS) is 1. The van der Waals surface area contributed by atoms with Gasteiger partial charge in [-0.15, -0.1) is 0 Å². The van der Waals surface area contributed by atoms with E-state index < -0.39 is 5.97 Å². The number of aryl methyl sites for hydroxylation is 1. The summed E-state index contributed by atoms with van der Waals surface area (Å²) in [5.74, 6) is -0.969. The number of benzene rings is 2. The van der Waals surface area contributed by atoms with E-state index in [1.807, 2.05) is 24.3 Å². The Morgan fingerprint density at radius 1 is 0.962 bits per heavy atom. The lowest BCUT2D eigenvalue weighted by Gasteiger charge is -2.09. The number of nitrogens with zero attached hydrogens (tertiary/aromatic N) is 1. The number of aromatic carboxylic acids is 1. The molecule has 3 nitrogen and oxygen atoms in total. The number of halogens is 1. The molecule has 2 aromatic carbocycles. The number of rotatable bonds is 6. The van der Waals surface area contributed by atoms with Crippen LogP contribution in [0.5, 0.6) is 0 Å². The molecule has 0 aliphatic heterocycles. The molecule has 0 bridgehead atoms. The zero-order chi connectivity index (χ0) is 18.5. The lowest BCUT2D eigenvalue weighted by Crippen LogP contribution is -2.00. The van der Waals surface area contributed by atoms with Gasteiger partial charge >= 0.3 is 5.97 Å². The van der Waals surface area contributed by atoms with Gasteiger partial charge in [0.2, 0.25) is 0 Å². The molecule has 132 valence electrons. The lowest BCUT2D eigenvalue weighted by molar-refractivity contribution is 0.0697. The molecular weight excluding hydrogens is 346 g/mol. The molecule has 1 N–H and O–H groups in total. The van der Waals surface area contributed by atoms with Gasteiger partial charge in [-0.2, -0.15) is 0 Å². The Labute approximate surface area is 158 Å². The third-order valence-electron chi connectivity index (χ3n) is 4.28. The first kappa shape index (κ1) is 18.2. The van der Waals surface area contributed by atoms with Crippen molar-refractivity contribution >= 4 is 17.6 Å². The van der Waals surface area contributed by atoms with Gasteiger partial charge in [0.25, 0.3) is 0 Å². The van der Waals surface area contributed by atoms with Crippen LogP contribution in [-0.4, -0.2) is 16.1 Å². The Bertz CT molecular complexity index is 902. The van der Waals surface area contributed by atoms with Crippen molar-refractivity contribution in [2.24, 2.45) is 0 Å². The summed E-state index contributed by atoms with van der Waals surface area (Å²) in [6.07, 6.45) is 3.37. The first-order valence-electron chi connectivity index (χ1n) is 8.67. The van der Waals surface area contributed by atoms with Crippen molar-refractivity contribution in [2.45, 2.75) is 26.2 Å². The van der Waals surface area contributed by atoms with Gasteiger partial charge in [0.15, 0.2) is 0 Å². The van der Waals surface area contributed by atoms with Crippen LogP contribution in [0.1, 0.15) is 35.7 Å². The third-order valence-corrected chi connectivity index (χ3v) is 4.53. The second-order valence-electron chi connectivity index (χ2n) is 6.24. The van der Waals surface area contributed by atoms with Crippen LogP contribution in [0.3, 0.4) is 0 Å². The Kier molecular flexibility index (Phi) is 5.69. The van der Waals surface area contributed by atoms with Crippen LogP contribution in [0.25, 0.3) is 22.5 Å². The van der Waals surface area contributed by atoms with Gasteiger partial charge in [0.05, 0.1) is 17.0 Å². The van der Waals surface area contributed by atoms with E-state index in [2.05, 4.69) is 24.0 Å². The van der Waals surface area contributed by atoms with E-state index in [0.717, 1.165) is 30.4 Å². The summed E-state index contributed by atoms with van der Waals surface area (Å²) in [5.41, 5.74) is 4.50. The standard InChI is InChI=1S/C22H20ClNO2/c1-2-3-4-15-5-7-16(8-6-15)20-13-18(22(25)26)14-21(24-20)17-9-11-19(23)12-10-17/h5-14H,2-4H2,1H3,(H,25,26). The highest BCUT2D eigenvalue weighted by atomic mass is 35.5. The molecular formula is C22H20ClNO2. The zero-order valence-electron chi connectivity index (χ0n) is 14.6. The summed E-state index contributed by atoms with van der Waals surface area (Å²) >= 11 is 5.94. The fourth-order valence-electron chi connectivity index (χ4n) is 2.79. The van der Waals surface area contributed by atoms with Crippen molar-refractivity contribution in [3.05, 3.63) is 76.8 Å². The van der Waals surface area contributed by atoms with Crippen LogP contribution < -0.4 is 0 Å². The number of carbonyl (C=O) groups is 1. The molecule has 0 aliphatic rings. The fourth-order valence-corrected chi connectivity index (χ4v) is 2.92. The maximum Gasteiger partial charge on any atom is 0.335 e. The highest BCUT2D eigenvalue weighted by molar-refractivity contribution is 6.30. The molecule has 26 heavy (non-hydrogen) atoms. The van der Waals surface area contributed by atoms with Crippen molar-refractivity contribution < 1.29 is 9.90 Å². The maximum absolute atomic E-state index is 11.5. The van der Waals surface area contributed by atoms with E-state index in [1.54, 1.807) is 24.3 Å². The van der Waals surface area contributed by atoms with Crippen molar-refractivity contribution in [3.63, 3.8) is 0 Å². The molecule has 0 unspecified atom stereocenters. The molecule has 0 spiro atoms. The zero-order valence-corrected chi connectivity index (χ0v) is 15.3. The molecule has 0 aliphatic carbocycles. The third kappa shape index (κ3) is 4.30. The first-order valence-corrected chi connectivity index (χ1v) is 9.05. The van der Waals surface area contributed by atoms with Gasteiger partial charge in [0, 0.05) is 16.1 Å². The largest absolute Gasteiger partial charge is 0.478 e. The SMILES string of the molecule is CCCCc1ccc(-c2cc(C(=O)O)cc(-c3ccc(Cl)cc3)n2)cc1. The predicted molar refractivity (Wildman–Crippen MR) is 106 cm³/mol. The molecule has 0 amide bonds. The second-order valence-corrected chi connectivity index (χ2v) is 6.68. The maximum atomic E-state index is 11.5. The molecule has 4 heteroatoms. The topological polar surface area (TPSA) is 50.2 Å². The van der Waals surface area contributed by atoms with Crippen LogP contribution >= 0.6 is 11.6 Å². The molecule has 3 aromatic rings. The number of hydrogen-bond donors (Lipinski definition) is 1. The molecule has 0 fully saturated rings. The lowest BCUT2D eigenvalue weighted by atomic mass is 10.0. The Hall–Kier alpha value is -2.65. The van der Waals surface area contributed by atoms with E-state index in [0.29, 0.717) is 16.4 Å². The average molecular weight is 366 g/mol. The number of unbranched alkanes of at least 4 members (excludes halogenated alkanes) is 1. The summed E-state index contributed by atoms with van der Waals surface area (Å²) in [6, 6.07) is 18.6. The van der Waals surface area contributed by atoms with Crippen molar-refractivity contribution in [2.75, 3.05) is 0 Å². The quantitative estimate of drug-likeness (QED) is 0.573. The second kappa shape index (κ2) is 8.15. The van der Waals surface area contributed by atoms with E-state index in [1.165, 1.54) is 5.56 Å². The summed E-state index contributed by atoms with van der Waals surface area (Å²) in [6.45, 7) is 2.17. The molecule has 1 aromatic heterocycles. The summed E-state index contributed by atoms with van der Waals surface area (Å²) in [4.78, 5) is 16.2. The monoisotopic (exact) mass is 365 g/mol. The molecule has 1 heterocycles. The number of pyridine rings is 1. The highest BCUT2D eigenvalue weighted by Crippen LogP contribution is 2.26. The number of carboxylic acids is 1. The molecule has 0 atom stereocenters. The minimum absolute atomic E-state index is 0.218. The number of aromatic nitrogens is 1. The summed E-state index contributed by atoms with van der Waals surface area (Å²) in [5, 5.41) is 10.1. The van der Waals surface area contributed by atoms with Crippen LogP contribution in [0, 0.1) is 0 Å². The predicted octanol–water partition coefficient (Wildman–Crippen LogP) is 6.11. The smallest absolute Gasteiger partial charge is 0.335 e. The van der Waals surface area contributed by atoms with Crippen LogP contribution in [-0.2, 0) is 6.42 Å². The van der Waals surface area contributed by atoms with E-state index >= 15 is 0 Å². The first-order chi connectivity index (χ1) is 12.6. The van der Waals surface area contributed by atoms with E-state index in [9.17, 15) is 9.90 Å². The highest BCUT2D eigenvalue weighted by Gasteiger charge is 2.11. The Morgan fingerprint density at radius 2 is 1.50 bits per heavy atom.